The van der Waals surface area contributed by atoms with E-state index in [4.69, 9.17) is 4.42 Å². The van der Waals surface area contributed by atoms with Gasteiger partial charge < -0.3 is 9.32 Å². The van der Waals surface area contributed by atoms with Gasteiger partial charge in [-0.3, -0.25) is 9.36 Å². The van der Waals surface area contributed by atoms with Crippen molar-refractivity contribution in [3.63, 3.8) is 0 Å². The highest BCUT2D eigenvalue weighted by atomic mass is 32.2. The molecule has 1 aliphatic rings. The number of aromatic nitrogens is 3. The summed E-state index contributed by atoms with van der Waals surface area (Å²) in [5, 5.41) is 9.12. The third-order valence-corrected chi connectivity index (χ3v) is 6.27. The van der Waals surface area contributed by atoms with Gasteiger partial charge in [-0.25, -0.2) is 0 Å². The van der Waals surface area contributed by atoms with Gasteiger partial charge in [0.1, 0.15) is 5.76 Å². The molecule has 6 nitrogen and oxygen atoms in total. The highest BCUT2D eigenvalue weighted by Gasteiger charge is 2.34. The minimum atomic E-state index is -0.297. The summed E-state index contributed by atoms with van der Waals surface area (Å²) in [5.74, 6) is 1.59. The van der Waals surface area contributed by atoms with E-state index in [0.29, 0.717) is 11.7 Å². The zero-order valence-corrected chi connectivity index (χ0v) is 17.6. The Morgan fingerprint density at radius 2 is 2.17 bits per heavy atom. The number of rotatable bonds is 6. The summed E-state index contributed by atoms with van der Waals surface area (Å²) in [5.41, 5.74) is 3.13. The Bertz CT molecular complexity index is 1050. The molecule has 0 aliphatic carbocycles. The number of hydrogen-bond acceptors (Lipinski definition) is 5. The van der Waals surface area contributed by atoms with Crippen molar-refractivity contribution in [2.75, 3.05) is 4.90 Å². The van der Waals surface area contributed by atoms with Gasteiger partial charge in [-0.05, 0) is 44.9 Å². The molecule has 2 aromatic heterocycles. The molecule has 1 aromatic carbocycles. The van der Waals surface area contributed by atoms with Crippen LogP contribution in [0.25, 0.3) is 11.4 Å². The normalized spacial score (nSPS) is 16.7. The second-order valence-electron chi connectivity index (χ2n) is 7.25. The summed E-state index contributed by atoms with van der Waals surface area (Å²) in [7, 11) is 0. The van der Waals surface area contributed by atoms with Gasteiger partial charge in [-0.15, -0.1) is 16.8 Å². The molecule has 0 saturated carbocycles. The maximum absolute atomic E-state index is 13.3. The van der Waals surface area contributed by atoms with E-state index in [9.17, 15) is 4.79 Å². The number of para-hydroxylation sites is 1. The highest BCUT2D eigenvalue weighted by Crippen LogP contribution is 2.35. The van der Waals surface area contributed by atoms with Gasteiger partial charge in [0, 0.05) is 18.3 Å². The molecule has 2 atom stereocenters. The Balaban J connectivity index is 1.59. The predicted molar refractivity (Wildman–Crippen MR) is 115 cm³/mol. The van der Waals surface area contributed by atoms with E-state index in [0.717, 1.165) is 29.3 Å². The van der Waals surface area contributed by atoms with E-state index < -0.39 is 0 Å². The fraction of sp³-hybridized carbons (Fsp3) is 0.318. The van der Waals surface area contributed by atoms with Crippen molar-refractivity contribution in [3.05, 3.63) is 60.6 Å². The molecule has 3 heterocycles. The zero-order chi connectivity index (χ0) is 20.5. The lowest BCUT2D eigenvalue weighted by molar-refractivity contribution is -0.118. The van der Waals surface area contributed by atoms with Gasteiger partial charge in [-0.1, -0.05) is 36.0 Å². The summed E-state index contributed by atoms with van der Waals surface area (Å²) >= 11 is 1.43. The van der Waals surface area contributed by atoms with Gasteiger partial charge in [0.25, 0.3) is 0 Å². The first kappa shape index (κ1) is 19.5. The lowest BCUT2D eigenvalue weighted by Gasteiger charge is -2.25. The van der Waals surface area contributed by atoms with E-state index >= 15 is 0 Å². The summed E-state index contributed by atoms with van der Waals surface area (Å²) in [6, 6.07) is 10.2. The number of benzene rings is 1. The highest BCUT2D eigenvalue weighted by molar-refractivity contribution is 8.00. The molecule has 150 valence electrons. The van der Waals surface area contributed by atoms with Crippen molar-refractivity contribution in [2.45, 2.75) is 50.2 Å². The number of fused-ring (bicyclic) bond motifs is 1. The molecule has 7 heteroatoms. The van der Waals surface area contributed by atoms with Gasteiger partial charge >= 0.3 is 0 Å². The number of thioether (sulfide) groups is 1. The topological polar surface area (TPSA) is 64.2 Å². The smallest absolute Gasteiger partial charge is 0.240 e. The van der Waals surface area contributed by atoms with Crippen LogP contribution in [0.3, 0.4) is 0 Å². The van der Waals surface area contributed by atoms with Crippen molar-refractivity contribution in [1.82, 2.24) is 14.8 Å². The number of allylic oxidation sites excluding steroid dienone is 1. The largest absolute Gasteiger partial charge is 0.469 e. The van der Waals surface area contributed by atoms with Crippen LogP contribution in [0.15, 0.2) is 58.8 Å². The van der Waals surface area contributed by atoms with Crippen LogP contribution in [-0.2, 0) is 17.8 Å². The fourth-order valence-electron chi connectivity index (χ4n) is 3.79. The van der Waals surface area contributed by atoms with E-state index in [1.54, 1.807) is 12.3 Å². The lowest BCUT2D eigenvalue weighted by Crippen LogP contribution is -2.40. The van der Waals surface area contributed by atoms with Crippen molar-refractivity contribution in [3.8, 4) is 11.4 Å². The number of anilines is 1. The number of nitrogens with zero attached hydrogens (tertiary/aromatic N) is 4. The summed E-state index contributed by atoms with van der Waals surface area (Å²) in [4.78, 5) is 15.2. The Morgan fingerprint density at radius 1 is 1.38 bits per heavy atom. The molecular weight excluding hydrogens is 384 g/mol. The van der Waals surface area contributed by atoms with Crippen LogP contribution in [0.5, 0.6) is 0 Å². The minimum absolute atomic E-state index is 0.0849. The molecule has 1 aliphatic heterocycles. The molecule has 29 heavy (non-hydrogen) atoms. The van der Waals surface area contributed by atoms with Crippen molar-refractivity contribution >= 4 is 23.4 Å². The number of hydrogen-bond donors (Lipinski definition) is 0. The maximum atomic E-state index is 13.3. The van der Waals surface area contributed by atoms with Crippen molar-refractivity contribution in [2.24, 2.45) is 0 Å². The van der Waals surface area contributed by atoms with E-state index in [-0.39, 0.29) is 17.2 Å². The van der Waals surface area contributed by atoms with E-state index in [1.807, 2.05) is 47.6 Å². The van der Waals surface area contributed by atoms with Crippen LogP contribution in [-0.4, -0.2) is 32.0 Å². The molecule has 0 N–H and O–H groups in total. The first-order chi connectivity index (χ1) is 14.0. The van der Waals surface area contributed by atoms with Crippen LogP contribution in [0.2, 0.25) is 0 Å². The first-order valence-electron chi connectivity index (χ1n) is 9.67. The number of aryl methyl sites for hydroxylation is 1. The molecule has 0 spiro atoms. The predicted octanol–water partition coefficient (Wildman–Crippen LogP) is 4.49. The minimum Gasteiger partial charge on any atom is -0.469 e. The molecule has 0 radical (unpaired) electrons. The monoisotopic (exact) mass is 408 g/mol. The van der Waals surface area contributed by atoms with Crippen LogP contribution >= 0.6 is 11.8 Å². The van der Waals surface area contributed by atoms with Crippen molar-refractivity contribution < 1.29 is 9.21 Å². The maximum Gasteiger partial charge on any atom is 0.240 e. The quantitative estimate of drug-likeness (QED) is 0.444. The average Bonchev–Trinajstić information content (AvgIpc) is 3.38. The summed E-state index contributed by atoms with van der Waals surface area (Å²) in [6.07, 6.45) is 4.33. The van der Waals surface area contributed by atoms with E-state index in [2.05, 4.69) is 29.8 Å². The molecule has 3 aromatic rings. The SMILES string of the molecule is C=CCn1c(SC(C)C(=O)N2c3ccccc3CC2C)nnc1-c1ccoc1C. The summed E-state index contributed by atoms with van der Waals surface area (Å²) < 4.78 is 7.39. The molecule has 0 fully saturated rings. The van der Waals surface area contributed by atoms with Crippen molar-refractivity contribution in [1.29, 1.82) is 0 Å². The second-order valence-corrected chi connectivity index (χ2v) is 8.55. The van der Waals surface area contributed by atoms with Crippen LogP contribution in [0.1, 0.15) is 25.2 Å². The molecule has 2 unspecified atom stereocenters. The van der Waals surface area contributed by atoms with Gasteiger partial charge in [0.2, 0.25) is 5.91 Å². The molecule has 4 rings (SSSR count). The van der Waals surface area contributed by atoms with Gasteiger partial charge in [0.15, 0.2) is 11.0 Å². The fourth-order valence-corrected chi connectivity index (χ4v) is 4.70. The van der Waals surface area contributed by atoms with Gasteiger partial charge in [0.05, 0.1) is 17.1 Å². The second kappa shape index (κ2) is 7.91. The van der Waals surface area contributed by atoms with Crippen LogP contribution in [0, 0.1) is 6.92 Å². The Labute approximate surface area is 174 Å². The molecule has 0 bridgehead atoms. The van der Waals surface area contributed by atoms with E-state index in [1.165, 1.54) is 17.3 Å². The Hall–Kier alpha value is -2.80. The number of carbonyl (C=O) groups excluding carboxylic acids is 1. The van der Waals surface area contributed by atoms with Crippen LogP contribution < -0.4 is 4.90 Å². The van der Waals surface area contributed by atoms with Gasteiger partial charge in [-0.2, -0.15) is 0 Å². The third kappa shape index (κ3) is 3.51. The Morgan fingerprint density at radius 3 is 2.90 bits per heavy atom. The van der Waals surface area contributed by atoms with Crippen LogP contribution in [0.4, 0.5) is 5.69 Å². The Kier molecular flexibility index (Phi) is 5.32. The zero-order valence-electron chi connectivity index (χ0n) is 16.8. The first-order valence-corrected chi connectivity index (χ1v) is 10.6. The molecule has 1 amide bonds. The number of carbonyl (C=O) groups is 1. The number of furan rings is 1. The average molecular weight is 409 g/mol. The lowest BCUT2D eigenvalue weighted by atomic mass is 10.1. The molecule has 0 saturated heterocycles. The summed E-state index contributed by atoms with van der Waals surface area (Å²) in [6.45, 7) is 10.3. The standard InChI is InChI=1S/C22H24N4O2S/c1-5-11-25-20(18-10-12-28-15(18)3)23-24-22(25)29-16(4)21(27)26-14(2)13-17-8-6-7-9-19(17)26/h5-10,12,14,16H,1,11,13H2,2-4H3. The molecular formula is C22H24N4O2S. The number of amides is 1. The third-order valence-electron chi connectivity index (χ3n) is 5.20.